The highest BCUT2D eigenvalue weighted by molar-refractivity contribution is 5.88. The number of aromatic amines is 1. The van der Waals surface area contributed by atoms with Gasteiger partial charge in [0.05, 0.1) is 24.2 Å². The summed E-state index contributed by atoms with van der Waals surface area (Å²) in [6.07, 6.45) is 8.53. The molecule has 3 rings (SSSR count). The van der Waals surface area contributed by atoms with Crippen molar-refractivity contribution < 1.29 is 9.21 Å². The number of hydrogen-bond acceptors (Lipinski definition) is 4. The number of furan rings is 1. The summed E-state index contributed by atoms with van der Waals surface area (Å²) < 4.78 is 5.56. The van der Waals surface area contributed by atoms with Gasteiger partial charge >= 0.3 is 6.03 Å². The van der Waals surface area contributed by atoms with E-state index in [-0.39, 0.29) is 12.1 Å². The summed E-state index contributed by atoms with van der Waals surface area (Å²) in [5.41, 5.74) is 0.644. The fourth-order valence-corrected chi connectivity index (χ4v) is 2.80. The van der Waals surface area contributed by atoms with E-state index in [2.05, 4.69) is 25.7 Å². The Morgan fingerprint density at radius 1 is 1.41 bits per heavy atom. The predicted octanol–water partition coefficient (Wildman–Crippen LogP) is 2.35. The van der Waals surface area contributed by atoms with Crippen molar-refractivity contribution in [3.8, 4) is 0 Å². The summed E-state index contributed by atoms with van der Waals surface area (Å²) in [6, 6.07) is 3.69. The number of carbonyl (C=O) groups is 1. The highest BCUT2D eigenvalue weighted by Crippen LogP contribution is 2.24. The molecule has 0 radical (unpaired) electrons. The van der Waals surface area contributed by atoms with Gasteiger partial charge in [-0.3, -0.25) is 10.00 Å². The molecule has 0 bridgehead atoms. The van der Waals surface area contributed by atoms with E-state index in [0.717, 1.165) is 18.8 Å². The average molecular weight is 303 g/mol. The summed E-state index contributed by atoms with van der Waals surface area (Å²) in [4.78, 5) is 14.3. The highest BCUT2D eigenvalue weighted by Gasteiger charge is 2.24. The van der Waals surface area contributed by atoms with Crippen LogP contribution in [0, 0.1) is 0 Å². The summed E-state index contributed by atoms with van der Waals surface area (Å²) in [5, 5.41) is 12.1. The van der Waals surface area contributed by atoms with Gasteiger partial charge in [-0.25, -0.2) is 4.79 Å². The number of hydrogen-bond donors (Lipinski definition) is 3. The van der Waals surface area contributed by atoms with Crippen molar-refractivity contribution in [2.45, 2.75) is 25.3 Å². The topological polar surface area (TPSA) is 86.2 Å². The summed E-state index contributed by atoms with van der Waals surface area (Å²) in [5.74, 6) is 0.894. The largest absolute Gasteiger partial charge is 0.468 e. The van der Waals surface area contributed by atoms with Gasteiger partial charge in [0.1, 0.15) is 5.76 Å². The lowest BCUT2D eigenvalue weighted by Crippen LogP contribution is -2.41. The van der Waals surface area contributed by atoms with Crippen LogP contribution in [0.15, 0.2) is 35.2 Å². The lowest BCUT2D eigenvalue weighted by molar-refractivity contribution is 0.144. The third-order valence-corrected chi connectivity index (χ3v) is 3.92. The fraction of sp³-hybridized carbons (Fsp3) is 0.467. The first kappa shape index (κ1) is 14.6. The van der Waals surface area contributed by atoms with Crippen LogP contribution in [0.3, 0.4) is 0 Å². The Hall–Kier alpha value is -2.28. The molecule has 7 heteroatoms. The second kappa shape index (κ2) is 7.13. The third kappa shape index (κ3) is 3.67. The molecule has 1 fully saturated rings. The molecule has 1 aliphatic rings. The number of H-pyrrole nitrogens is 1. The molecule has 3 heterocycles. The van der Waals surface area contributed by atoms with Crippen molar-refractivity contribution in [2.75, 3.05) is 25.0 Å². The smallest absolute Gasteiger partial charge is 0.319 e. The zero-order chi connectivity index (χ0) is 15.2. The lowest BCUT2D eigenvalue weighted by Gasteiger charge is -2.33. The van der Waals surface area contributed by atoms with Crippen molar-refractivity contribution >= 4 is 11.7 Å². The maximum Gasteiger partial charge on any atom is 0.319 e. The van der Waals surface area contributed by atoms with Gasteiger partial charge in [0.2, 0.25) is 0 Å². The Morgan fingerprint density at radius 3 is 2.95 bits per heavy atom. The second-order valence-corrected chi connectivity index (χ2v) is 5.45. The van der Waals surface area contributed by atoms with E-state index in [0.29, 0.717) is 12.2 Å². The zero-order valence-electron chi connectivity index (χ0n) is 12.4. The molecule has 22 heavy (non-hydrogen) atoms. The van der Waals surface area contributed by atoms with E-state index in [9.17, 15) is 4.79 Å². The molecule has 3 N–H and O–H groups in total. The zero-order valence-corrected chi connectivity index (χ0v) is 12.4. The van der Waals surface area contributed by atoms with Crippen molar-refractivity contribution in [2.24, 2.45) is 0 Å². The molecule has 2 amide bonds. The monoisotopic (exact) mass is 303 g/mol. The average Bonchev–Trinajstić information content (AvgIpc) is 3.22. The summed E-state index contributed by atoms with van der Waals surface area (Å²) in [7, 11) is 0. The fourth-order valence-electron chi connectivity index (χ4n) is 2.80. The van der Waals surface area contributed by atoms with Crippen molar-refractivity contribution in [3.05, 3.63) is 36.5 Å². The van der Waals surface area contributed by atoms with E-state index in [4.69, 9.17) is 4.42 Å². The Labute approximate surface area is 129 Å². The van der Waals surface area contributed by atoms with Gasteiger partial charge in [-0.2, -0.15) is 5.10 Å². The van der Waals surface area contributed by atoms with Crippen molar-refractivity contribution in [1.29, 1.82) is 0 Å². The molecule has 1 aliphatic heterocycles. The third-order valence-electron chi connectivity index (χ3n) is 3.92. The van der Waals surface area contributed by atoms with Crippen LogP contribution in [0.1, 0.15) is 31.1 Å². The predicted molar refractivity (Wildman–Crippen MR) is 82.5 cm³/mol. The van der Waals surface area contributed by atoms with E-state index in [1.54, 1.807) is 18.7 Å². The molecule has 118 valence electrons. The molecule has 7 nitrogen and oxygen atoms in total. The minimum atomic E-state index is -0.241. The van der Waals surface area contributed by atoms with E-state index >= 15 is 0 Å². The maximum atomic E-state index is 12.0. The molecule has 0 unspecified atom stereocenters. The van der Waals surface area contributed by atoms with Crippen molar-refractivity contribution in [3.63, 3.8) is 0 Å². The lowest BCUT2D eigenvalue weighted by atomic mass is 10.1. The van der Waals surface area contributed by atoms with Crippen molar-refractivity contribution in [1.82, 2.24) is 20.4 Å². The first-order valence-corrected chi connectivity index (χ1v) is 7.64. The minimum absolute atomic E-state index is 0.0744. The standard InChI is InChI=1S/C15H21N5O2/c21-15(19-12-9-17-18-10-12)16-11-13(14-5-4-8-22-14)20-6-2-1-3-7-20/h4-5,8-10,13H,1-3,6-7,11H2,(H,17,18)(H2,16,19,21)/t13-/m1/s1. The number of rotatable bonds is 5. The number of carbonyl (C=O) groups excluding carboxylic acids is 1. The van der Waals surface area contributed by atoms with Gasteiger partial charge in [-0.05, 0) is 38.1 Å². The molecule has 0 aliphatic carbocycles. The molecule has 2 aromatic heterocycles. The van der Waals surface area contributed by atoms with Gasteiger partial charge in [0.25, 0.3) is 0 Å². The van der Waals surface area contributed by atoms with E-state index < -0.39 is 0 Å². The van der Waals surface area contributed by atoms with Crippen LogP contribution in [-0.2, 0) is 0 Å². The molecule has 1 atom stereocenters. The van der Waals surface area contributed by atoms with Crippen LogP contribution in [0.4, 0.5) is 10.5 Å². The number of piperidine rings is 1. The molecule has 0 spiro atoms. The van der Waals surface area contributed by atoms with Crippen LogP contribution in [-0.4, -0.2) is 40.8 Å². The normalized spacial score (nSPS) is 17.1. The Bertz CT molecular complexity index is 561. The van der Waals surface area contributed by atoms with Crippen LogP contribution in [0.2, 0.25) is 0 Å². The number of aromatic nitrogens is 2. The van der Waals surface area contributed by atoms with Gasteiger partial charge in [0, 0.05) is 12.7 Å². The molecule has 0 aromatic carbocycles. The van der Waals surface area contributed by atoms with Gasteiger partial charge in [-0.1, -0.05) is 6.42 Å². The van der Waals surface area contributed by atoms with Crippen LogP contribution < -0.4 is 10.6 Å². The molecular weight excluding hydrogens is 282 g/mol. The Kier molecular flexibility index (Phi) is 4.75. The number of anilines is 1. The van der Waals surface area contributed by atoms with Crippen LogP contribution in [0.5, 0.6) is 0 Å². The minimum Gasteiger partial charge on any atom is -0.468 e. The highest BCUT2D eigenvalue weighted by atomic mass is 16.3. The maximum absolute atomic E-state index is 12.0. The van der Waals surface area contributed by atoms with E-state index in [1.165, 1.54) is 19.3 Å². The Balaban J connectivity index is 1.59. The number of amides is 2. The molecule has 2 aromatic rings. The second-order valence-electron chi connectivity index (χ2n) is 5.45. The number of nitrogens with one attached hydrogen (secondary N) is 3. The number of urea groups is 1. The quantitative estimate of drug-likeness (QED) is 0.791. The number of likely N-dealkylation sites (tertiary alicyclic amines) is 1. The van der Waals surface area contributed by atoms with Gasteiger partial charge < -0.3 is 15.1 Å². The summed E-state index contributed by atoms with van der Waals surface area (Å²) >= 11 is 0. The molecule has 0 saturated carbocycles. The first-order chi connectivity index (χ1) is 10.8. The first-order valence-electron chi connectivity index (χ1n) is 7.64. The van der Waals surface area contributed by atoms with E-state index in [1.807, 2.05) is 12.1 Å². The molecule has 1 saturated heterocycles. The number of nitrogens with zero attached hydrogens (tertiary/aromatic N) is 2. The molecular formula is C15H21N5O2. The summed E-state index contributed by atoms with van der Waals surface area (Å²) in [6.45, 7) is 2.59. The van der Waals surface area contributed by atoms with Crippen LogP contribution in [0.25, 0.3) is 0 Å². The van der Waals surface area contributed by atoms with Gasteiger partial charge in [0.15, 0.2) is 0 Å². The van der Waals surface area contributed by atoms with Crippen LogP contribution >= 0.6 is 0 Å². The Morgan fingerprint density at radius 2 is 2.27 bits per heavy atom. The SMILES string of the molecule is O=C(NC[C@H](c1ccco1)N1CCCCC1)Nc1cn[nH]c1. The van der Waals surface area contributed by atoms with Gasteiger partial charge in [-0.15, -0.1) is 0 Å².